The van der Waals surface area contributed by atoms with E-state index in [0.717, 1.165) is 89.3 Å². The molecule has 2 aliphatic rings. The third kappa shape index (κ3) is 8.33. The Kier molecular flexibility index (Phi) is 10.8. The maximum absolute atomic E-state index is 13.0. The number of fused-ring (bicyclic) bond motifs is 1. The van der Waals surface area contributed by atoms with Crippen molar-refractivity contribution in [2.24, 2.45) is 0 Å². The van der Waals surface area contributed by atoms with Gasteiger partial charge in [-0.2, -0.15) is 10.1 Å². The lowest BCUT2D eigenvalue weighted by Crippen LogP contribution is -2.47. The van der Waals surface area contributed by atoms with Crippen LogP contribution in [0, 0.1) is 6.92 Å². The molecule has 2 fully saturated rings. The van der Waals surface area contributed by atoms with Crippen LogP contribution in [-0.2, 0) is 21.4 Å². The van der Waals surface area contributed by atoms with Crippen molar-refractivity contribution in [3.05, 3.63) is 113 Å². The van der Waals surface area contributed by atoms with Crippen molar-refractivity contribution in [3.8, 4) is 22.4 Å². The van der Waals surface area contributed by atoms with E-state index in [4.69, 9.17) is 9.51 Å². The number of piperazine rings is 1. The highest BCUT2D eigenvalue weighted by Gasteiger charge is 2.28. The van der Waals surface area contributed by atoms with Gasteiger partial charge in [-0.1, -0.05) is 81.4 Å². The van der Waals surface area contributed by atoms with Gasteiger partial charge in [0, 0.05) is 79.4 Å². The molecule has 2 aliphatic heterocycles. The van der Waals surface area contributed by atoms with Crippen LogP contribution in [0.5, 0.6) is 0 Å². The number of Topliss-reactive ketones (excluding diaryl/α,β-unsaturated/α-hetero) is 1. The Morgan fingerprint density at radius 1 is 0.931 bits per heavy atom. The van der Waals surface area contributed by atoms with Crippen LogP contribution < -0.4 is 10.2 Å². The number of nitrogens with zero attached hydrogens (tertiary/aromatic N) is 6. The number of hydrogen-bond acceptors (Lipinski definition) is 10. The van der Waals surface area contributed by atoms with Gasteiger partial charge in [0.05, 0.1) is 5.92 Å². The molecule has 6 aromatic rings. The number of piperidine rings is 1. The lowest BCUT2D eigenvalue weighted by Gasteiger charge is -2.36. The Morgan fingerprint density at radius 3 is 2.36 bits per heavy atom. The lowest BCUT2D eigenvalue weighted by atomic mass is 9.90. The minimum Gasteiger partial charge on any atom is -0.369 e. The predicted molar refractivity (Wildman–Crippen MR) is 224 cm³/mol. The number of H-pyrrole nitrogens is 1. The van der Waals surface area contributed by atoms with Crippen LogP contribution in [0.1, 0.15) is 97.6 Å². The van der Waals surface area contributed by atoms with Crippen molar-refractivity contribution in [2.45, 2.75) is 77.6 Å². The third-order valence-corrected chi connectivity index (χ3v) is 11.6. The monoisotopic (exact) mass is 778 g/mol. The van der Waals surface area contributed by atoms with Crippen molar-refractivity contribution in [1.29, 1.82) is 0 Å². The van der Waals surface area contributed by atoms with Gasteiger partial charge in [0.25, 0.3) is 0 Å². The van der Waals surface area contributed by atoms with Gasteiger partial charge in [0.1, 0.15) is 5.69 Å². The Hall–Kier alpha value is -6.01. The number of amides is 2. The molecule has 2 saturated heterocycles. The third-order valence-electron chi connectivity index (χ3n) is 11.6. The van der Waals surface area contributed by atoms with Gasteiger partial charge < -0.3 is 9.42 Å². The van der Waals surface area contributed by atoms with Gasteiger partial charge >= 0.3 is 0 Å². The number of anilines is 1. The Bertz CT molecular complexity index is 2450. The first-order valence-corrected chi connectivity index (χ1v) is 20.2. The summed E-state index contributed by atoms with van der Waals surface area (Å²) in [4.78, 5) is 50.8. The van der Waals surface area contributed by atoms with Gasteiger partial charge in [0.2, 0.25) is 29.3 Å². The van der Waals surface area contributed by atoms with E-state index in [1.54, 1.807) is 0 Å². The first-order valence-electron chi connectivity index (χ1n) is 20.2. The average molecular weight is 779 g/mol. The van der Waals surface area contributed by atoms with Gasteiger partial charge in [0.15, 0.2) is 5.65 Å². The van der Waals surface area contributed by atoms with Gasteiger partial charge in [-0.3, -0.25) is 29.7 Å². The van der Waals surface area contributed by atoms with E-state index >= 15 is 0 Å². The first-order chi connectivity index (χ1) is 27.9. The zero-order valence-corrected chi connectivity index (χ0v) is 33.8. The van der Waals surface area contributed by atoms with Crippen LogP contribution in [0.2, 0.25) is 0 Å². The standard InChI is InChI=1S/C46H50N8O4/c1-28-24-33(12-15-36(28)29(2)25-39(55)43-49-45(58-52-43)46(3,4)5)41-38-26-34(27-47-42(38)51-50-41)31-10-13-35(14-11-31)54-22-20-53(21-23-54)19-18-30-6-8-32(9-7-30)37-16-17-40(56)48-44(37)57/h6-15,24,26-27,29,37H,16-23,25H2,1-5H3,(H,47,50,51)(H,48,56,57)/t29-,37?/m0/s1. The number of rotatable bonds is 11. The molecule has 58 heavy (non-hydrogen) atoms. The summed E-state index contributed by atoms with van der Waals surface area (Å²) in [7, 11) is 0. The molecule has 1 unspecified atom stereocenters. The first kappa shape index (κ1) is 38.8. The summed E-state index contributed by atoms with van der Waals surface area (Å²) in [5, 5.41) is 15.1. The largest absolute Gasteiger partial charge is 0.369 e. The van der Waals surface area contributed by atoms with Crippen molar-refractivity contribution in [1.82, 2.24) is 35.5 Å². The Labute approximate surface area is 338 Å². The second-order valence-electron chi connectivity index (χ2n) is 16.8. The summed E-state index contributed by atoms with van der Waals surface area (Å²) >= 11 is 0. The number of carbonyl (C=O) groups excluding carboxylic acids is 3. The van der Waals surface area contributed by atoms with Crippen molar-refractivity contribution in [2.75, 3.05) is 37.6 Å². The molecule has 0 bridgehead atoms. The molecular weight excluding hydrogens is 729 g/mol. The summed E-state index contributed by atoms with van der Waals surface area (Å²) in [6.07, 6.45) is 4.09. The fourth-order valence-electron chi connectivity index (χ4n) is 8.09. The molecule has 12 nitrogen and oxygen atoms in total. The van der Waals surface area contributed by atoms with Gasteiger partial charge in [-0.15, -0.1) is 0 Å². The van der Waals surface area contributed by atoms with E-state index in [0.29, 0.717) is 18.7 Å². The highest BCUT2D eigenvalue weighted by atomic mass is 16.5. The maximum atomic E-state index is 13.0. The predicted octanol–water partition coefficient (Wildman–Crippen LogP) is 7.54. The number of benzene rings is 3. The topological polar surface area (TPSA) is 150 Å². The number of aromatic nitrogens is 5. The molecule has 12 heteroatoms. The van der Waals surface area contributed by atoms with Gasteiger partial charge in [-0.25, -0.2) is 4.98 Å². The second-order valence-corrected chi connectivity index (χ2v) is 16.8. The van der Waals surface area contributed by atoms with Crippen molar-refractivity contribution >= 4 is 34.3 Å². The number of aryl methyl sites for hydroxylation is 1. The number of aromatic amines is 1. The molecule has 5 heterocycles. The molecule has 0 aliphatic carbocycles. The second kappa shape index (κ2) is 16.1. The van der Waals surface area contributed by atoms with Crippen LogP contribution in [-0.4, -0.2) is 80.5 Å². The van der Waals surface area contributed by atoms with E-state index < -0.39 is 0 Å². The van der Waals surface area contributed by atoms with E-state index in [1.165, 1.54) is 11.3 Å². The smallest absolute Gasteiger partial charge is 0.238 e. The molecule has 2 atom stereocenters. The van der Waals surface area contributed by atoms with E-state index in [9.17, 15) is 14.4 Å². The fraction of sp³-hybridized carbons (Fsp3) is 0.370. The van der Waals surface area contributed by atoms with Crippen LogP contribution in [0.3, 0.4) is 0 Å². The normalized spacial score (nSPS) is 17.1. The van der Waals surface area contributed by atoms with E-state index in [-0.39, 0.29) is 47.1 Å². The SMILES string of the molecule is Cc1cc(-c2n[nH]c3ncc(-c4ccc(N5CCN(CCc6ccc(C7CCC(=O)NC7=O)cc6)CC5)cc4)cc23)ccc1[C@@H](C)CC(=O)c1noc(C(C)(C)C)n1. The van der Waals surface area contributed by atoms with Crippen molar-refractivity contribution < 1.29 is 18.9 Å². The molecule has 2 amide bonds. The molecule has 3 aromatic heterocycles. The number of carbonyl (C=O) groups is 3. The molecule has 298 valence electrons. The number of ketones is 1. The highest BCUT2D eigenvalue weighted by Crippen LogP contribution is 2.34. The quantitative estimate of drug-likeness (QED) is 0.0998. The lowest BCUT2D eigenvalue weighted by molar-refractivity contribution is -0.134. The molecule has 3 aromatic carbocycles. The van der Waals surface area contributed by atoms with Crippen molar-refractivity contribution in [3.63, 3.8) is 0 Å². The molecule has 8 rings (SSSR count). The summed E-state index contributed by atoms with van der Waals surface area (Å²) in [6, 6.07) is 25.5. The van der Waals surface area contributed by atoms with E-state index in [2.05, 4.69) is 103 Å². The van der Waals surface area contributed by atoms with Crippen LogP contribution in [0.25, 0.3) is 33.4 Å². The molecule has 0 spiro atoms. The fourth-order valence-corrected chi connectivity index (χ4v) is 8.09. The maximum Gasteiger partial charge on any atom is 0.238 e. The zero-order chi connectivity index (χ0) is 40.6. The number of pyridine rings is 1. The molecule has 0 saturated carbocycles. The van der Waals surface area contributed by atoms with Crippen LogP contribution in [0.4, 0.5) is 5.69 Å². The number of imide groups is 1. The summed E-state index contributed by atoms with van der Waals surface area (Å²) in [5.41, 5.74) is 9.95. The molecule has 2 N–H and O–H groups in total. The number of hydrogen-bond donors (Lipinski definition) is 2. The molecular formula is C46H50N8O4. The summed E-state index contributed by atoms with van der Waals surface area (Å²) < 4.78 is 5.35. The van der Waals surface area contributed by atoms with Crippen LogP contribution >= 0.6 is 0 Å². The molecule has 0 radical (unpaired) electrons. The highest BCUT2D eigenvalue weighted by molar-refractivity contribution is 6.01. The van der Waals surface area contributed by atoms with Gasteiger partial charge in [-0.05, 0) is 77.8 Å². The Morgan fingerprint density at radius 2 is 1.67 bits per heavy atom. The van der Waals surface area contributed by atoms with E-state index in [1.807, 2.05) is 46.0 Å². The average Bonchev–Trinajstić information content (AvgIpc) is 3.89. The Balaban J connectivity index is 0.865. The summed E-state index contributed by atoms with van der Waals surface area (Å²) in [5.74, 6) is -0.191. The number of nitrogens with one attached hydrogen (secondary N) is 2. The van der Waals surface area contributed by atoms with Crippen LogP contribution in [0.15, 0.2) is 83.5 Å². The summed E-state index contributed by atoms with van der Waals surface area (Å²) in [6.45, 7) is 15.0. The minimum atomic E-state index is -0.318. The minimum absolute atomic E-state index is 0.0286. The zero-order valence-electron chi connectivity index (χ0n) is 33.8.